The van der Waals surface area contributed by atoms with Crippen LogP contribution >= 0.6 is 11.3 Å². The predicted octanol–water partition coefficient (Wildman–Crippen LogP) is 4.99. The molecule has 0 bridgehead atoms. The zero-order valence-electron chi connectivity index (χ0n) is 22.7. The molecule has 0 radical (unpaired) electrons. The molecule has 0 spiro atoms. The molecule has 0 N–H and O–H groups in total. The van der Waals surface area contributed by atoms with Crippen LogP contribution < -0.4 is 19.6 Å². The van der Waals surface area contributed by atoms with Crippen LogP contribution in [0.3, 0.4) is 0 Å². The monoisotopic (exact) mass is 550 g/mol. The molecular formula is C33H30N2O4S. The zero-order valence-corrected chi connectivity index (χ0v) is 23.5. The van der Waals surface area contributed by atoms with E-state index in [-0.39, 0.29) is 18.2 Å². The first kappa shape index (κ1) is 26.0. The molecule has 6 nitrogen and oxygen atoms in total. The van der Waals surface area contributed by atoms with Crippen LogP contribution in [0.5, 0.6) is 5.75 Å². The van der Waals surface area contributed by atoms with Crippen molar-refractivity contribution in [1.29, 1.82) is 0 Å². The van der Waals surface area contributed by atoms with E-state index in [0.717, 1.165) is 29.7 Å². The summed E-state index contributed by atoms with van der Waals surface area (Å²) in [5.74, 6) is 0.463. The summed E-state index contributed by atoms with van der Waals surface area (Å²) in [6.45, 7) is 4.16. The number of thiazole rings is 1. The third-order valence-corrected chi connectivity index (χ3v) is 8.55. The van der Waals surface area contributed by atoms with Gasteiger partial charge >= 0.3 is 5.97 Å². The molecule has 1 atom stereocenters. The number of carbonyl (C=O) groups is 1. The third kappa shape index (κ3) is 4.71. The fourth-order valence-corrected chi connectivity index (χ4v) is 6.45. The normalized spacial score (nSPS) is 16.2. The molecule has 2 aliphatic rings. The predicted molar refractivity (Wildman–Crippen MR) is 157 cm³/mol. The van der Waals surface area contributed by atoms with Gasteiger partial charge in [-0.1, -0.05) is 91.9 Å². The van der Waals surface area contributed by atoms with Crippen LogP contribution in [-0.4, -0.2) is 24.3 Å². The molecule has 40 heavy (non-hydrogen) atoms. The van der Waals surface area contributed by atoms with Gasteiger partial charge < -0.3 is 9.47 Å². The molecule has 0 saturated heterocycles. The van der Waals surface area contributed by atoms with Crippen LogP contribution in [0.2, 0.25) is 0 Å². The highest BCUT2D eigenvalue weighted by molar-refractivity contribution is 7.07. The third-order valence-electron chi connectivity index (χ3n) is 7.57. The van der Waals surface area contributed by atoms with Crippen LogP contribution in [0.1, 0.15) is 60.0 Å². The molecule has 1 unspecified atom stereocenters. The SMILES string of the molecule is COC(=O)COc1ccccc1C=c1sc2n(c1=O)C(c1ccc(C(C)C)cc1)C1=C(N=2)c2ccccc2CC1. The highest BCUT2D eigenvalue weighted by Crippen LogP contribution is 2.41. The number of benzene rings is 3. The van der Waals surface area contributed by atoms with Gasteiger partial charge in [-0.25, -0.2) is 9.79 Å². The highest BCUT2D eigenvalue weighted by Gasteiger charge is 2.32. The van der Waals surface area contributed by atoms with Crippen LogP contribution in [0.25, 0.3) is 11.8 Å². The van der Waals surface area contributed by atoms with Gasteiger partial charge in [-0.15, -0.1) is 0 Å². The van der Waals surface area contributed by atoms with Gasteiger partial charge in [0, 0.05) is 11.1 Å². The van der Waals surface area contributed by atoms with E-state index in [1.54, 1.807) is 6.07 Å². The maximum Gasteiger partial charge on any atom is 0.343 e. The van der Waals surface area contributed by atoms with Gasteiger partial charge in [-0.2, -0.15) is 0 Å². The lowest BCUT2D eigenvalue weighted by molar-refractivity contribution is -0.142. The lowest BCUT2D eigenvalue weighted by Crippen LogP contribution is -2.38. The molecule has 0 fully saturated rings. The van der Waals surface area contributed by atoms with Crippen LogP contribution in [-0.2, 0) is 16.0 Å². The van der Waals surface area contributed by atoms with Crippen molar-refractivity contribution in [2.24, 2.45) is 4.99 Å². The highest BCUT2D eigenvalue weighted by atomic mass is 32.1. The lowest BCUT2D eigenvalue weighted by atomic mass is 9.83. The summed E-state index contributed by atoms with van der Waals surface area (Å²) in [6.07, 6.45) is 3.59. The second-order valence-corrected chi connectivity index (χ2v) is 11.3. The average Bonchev–Trinajstić information content (AvgIpc) is 3.29. The van der Waals surface area contributed by atoms with E-state index in [1.807, 2.05) is 28.8 Å². The fraction of sp³-hybridized carbons (Fsp3) is 0.242. The molecule has 1 aliphatic carbocycles. The molecule has 6 rings (SSSR count). The van der Waals surface area contributed by atoms with Crippen molar-refractivity contribution in [3.05, 3.63) is 126 Å². The van der Waals surface area contributed by atoms with Crippen molar-refractivity contribution in [2.45, 2.75) is 38.6 Å². The van der Waals surface area contributed by atoms with E-state index in [9.17, 15) is 9.59 Å². The number of esters is 1. The number of hydrogen-bond acceptors (Lipinski definition) is 6. The summed E-state index contributed by atoms with van der Waals surface area (Å²) in [7, 11) is 1.32. The standard InChI is InChI=1S/C33H30N2O4S/c1-20(2)21-12-14-23(15-13-21)31-26-17-16-22-8-4-6-10-25(22)30(26)34-33-35(31)32(37)28(40-33)18-24-9-5-7-11-27(24)39-19-29(36)38-3/h4-15,18,20,31H,16-17,19H2,1-3H3. The number of fused-ring (bicyclic) bond motifs is 3. The minimum Gasteiger partial charge on any atom is -0.481 e. The van der Waals surface area contributed by atoms with Crippen LogP contribution in [0, 0.1) is 0 Å². The summed E-state index contributed by atoms with van der Waals surface area (Å²) in [5, 5.41) is 0. The molecule has 1 aliphatic heterocycles. The number of ether oxygens (including phenoxy) is 2. The van der Waals surface area contributed by atoms with Crippen molar-refractivity contribution >= 4 is 29.1 Å². The summed E-state index contributed by atoms with van der Waals surface area (Å²) in [6, 6.07) is 24.2. The quantitative estimate of drug-likeness (QED) is 0.317. The Morgan fingerprint density at radius 1 is 1.05 bits per heavy atom. The van der Waals surface area contributed by atoms with E-state index < -0.39 is 5.97 Å². The molecule has 4 aromatic rings. The minimum absolute atomic E-state index is 0.0881. The molecule has 1 aromatic heterocycles. The first-order valence-corrected chi connectivity index (χ1v) is 14.3. The number of hydrogen-bond donors (Lipinski definition) is 0. The Bertz CT molecular complexity index is 1810. The second kappa shape index (κ2) is 10.7. The Morgan fingerprint density at radius 3 is 2.58 bits per heavy atom. The van der Waals surface area contributed by atoms with Gasteiger partial charge in [0.2, 0.25) is 0 Å². The van der Waals surface area contributed by atoms with Crippen molar-refractivity contribution in [1.82, 2.24) is 4.57 Å². The summed E-state index contributed by atoms with van der Waals surface area (Å²) < 4.78 is 12.8. The topological polar surface area (TPSA) is 69.9 Å². The summed E-state index contributed by atoms with van der Waals surface area (Å²) >= 11 is 1.38. The van der Waals surface area contributed by atoms with E-state index in [1.165, 1.54) is 35.1 Å². The van der Waals surface area contributed by atoms with Crippen molar-refractivity contribution < 1.29 is 14.3 Å². The maximum atomic E-state index is 14.1. The Hall–Kier alpha value is -4.23. The van der Waals surface area contributed by atoms with Gasteiger partial charge in [0.05, 0.1) is 23.4 Å². The van der Waals surface area contributed by atoms with E-state index in [0.29, 0.717) is 26.6 Å². The molecule has 0 saturated carbocycles. The number of methoxy groups -OCH3 is 1. The fourth-order valence-electron chi connectivity index (χ4n) is 5.45. The molecular weight excluding hydrogens is 520 g/mol. The zero-order chi connectivity index (χ0) is 27.8. The Morgan fingerprint density at radius 2 is 1.80 bits per heavy atom. The van der Waals surface area contributed by atoms with Crippen molar-refractivity contribution in [3.8, 4) is 5.75 Å². The van der Waals surface area contributed by atoms with E-state index in [2.05, 4.69) is 62.4 Å². The Kier molecular flexibility index (Phi) is 6.98. The maximum absolute atomic E-state index is 14.1. The molecule has 202 valence electrons. The number of nitrogens with zero attached hydrogens (tertiary/aromatic N) is 2. The number of aryl methyl sites for hydroxylation is 1. The minimum atomic E-state index is -0.469. The molecule has 2 heterocycles. The molecule has 0 amide bonds. The average molecular weight is 551 g/mol. The van der Waals surface area contributed by atoms with Gasteiger partial charge in [0.1, 0.15) is 5.75 Å². The van der Waals surface area contributed by atoms with Crippen LogP contribution in [0.4, 0.5) is 0 Å². The summed E-state index contributed by atoms with van der Waals surface area (Å²) in [5.41, 5.74) is 7.56. The number of rotatable bonds is 6. The van der Waals surface area contributed by atoms with Gasteiger partial charge in [0.25, 0.3) is 5.56 Å². The smallest absolute Gasteiger partial charge is 0.343 e. The number of carbonyl (C=O) groups excluding carboxylic acids is 1. The van der Waals surface area contributed by atoms with Crippen molar-refractivity contribution in [2.75, 3.05) is 13.7 Å². The second-order valence-electron chi connectivity index (χ2n) is 10.3. The Balaban J connectivity index is 1.52. The first-order chi connectivity index (χ1) is 19.4. The Labute approximate surface area is 236 Å². The van der Waals surface area contributed by atoms with E-state index in [4.69, 9.17) is 14.5 Å². The van der Waals surface area contributed by atoms with Gasteiger partial charge in [-0.3, -0.25) is 9.36 Å². The van der Waals surface area contributed by atoms with Crippen molar-refractivity contribution in [3.63, 3.8) is 0 Å². The van der Waals surface area contributed by atoms with Gasteiger partial charge in [0.15, 0.2) is 11.4 Å². The summed E-state index contributed by atoms with van der Waals surface area (Å²) in [4.78, 5) is 31.5. The largest absolute Gasteiger partial charge is 0.481 e. The number of aromatic nitrogens is 1. The molecule has 7 heteroatoms. The van der Waals surface area contributed by atoms with Gasteiger partial charge in [-0.05, 0) is 53.2 Å². The van der Waals surface area contributed by atoms with E-state index >= 15 is 0 Å². The first-order valence-electron chi connectivity index (χ1n) is 13.5. The van der Waals surface area contributed by atoms with Crippen LogP contribution in [0.15, 0.2) is 88.2 Å². The number of para-hydroxylation sites is 1. The lowest BCUT2D eigenvalue weighted by Gasteiger charge is -2.31. The number of allylic oxidation sites excluding steroid dienone is 1. The molecule has 3 aromatic carbocycles.